The molecule has 1 fully saturated rings. The molecule has 0 aromatic carbocycles. The summed E-state index contributed by atoms with van der Waals surface area (Å²) in [6.45, 7) is 4.87. The number of aliphatic hydroxyl groups is 1. The summed E-state index contributed by atoms with van der Waals surface area (Å²) in [7, 11) is 0. The maximum Gasteiger partial charge on any atom is 0.407 e. The molecule has 0 aliphatic carbocycles. The van der Waals surface area contributed by atoms with Crippen LogP contribution in [0.25, 0.3) is 0 Å². The SMILES string of the molecule is CC(CNC(=O)OCCO)N1CCCC1. The van der Waals surface area contributed by atoms with Crippen LogP contribution in [0.3, 0.4) is 0 Å². The van der Waals surface area contributed by atoms with Crippen molar-refractivity contribution in [2.75, 3.05) is 32.8 Å². The van der Waals surface area contributed by atoms with Crippen LogP contribution in [0.1, 0.15) is 19.8 Å². The molecule has 1 rings (SSSR count). The van der Waals surface area contributed by atoms with E-state index in [2.05, 4.69) is 21.9 Å². The van der Waals surface area contributed by atoms with E-state index in [1.165, 1.54) is 12.8 Å². The Hall–Kier alpha value is -0.810. The molecular weight excluding hydrogens is 196 g/mol. The van der Waals surface area contributed by atoms with E-state index in [0.717, 1.165) is 13.1 Å². The predicted molar refractivity (Wildman–Crippen MR) is 56.7 cm³/mol. The van der Waals surface area contributed by atoms with Crippen molar-refractivity contribution in [3.05, 3.63) is 0 Å². The third kappa shape index (κ3) is 4.48. The lowest BCUT2D eigenvalue weighted by Crippen LogP contribution is -2.41. The number of hydrogen-bond donors (Lipinski definition) is 2. The minimum Gasteiger partial charge on any atom is -0.447 e. The van der Waals surface area contributed by atoms with Crippen LogP contribution in [-0.4, -0.2) is 55.0 Å². The number of ether oxygens (including phenoxy) is 1. The number of rotatable bonds is 5. The van der Waals surface area contributed by atoms with Gasteiger partial charge < -0.3 is 15.2 Å². The highest BCUT2D eigenvalue weighted by Gasteiger charge is 2.18. The van der Waals surface area contributed by atoms with Gasteiger partial charge in [-0.1, -0.05) is 0 Å². The van der Waals surface area contributed by atoms with Crippen LogP contribution in [0.2, 0.25) is 0 Å². The minimum absolute atomic E-state index is 0.0595. The Labute approximate surface area is 90.4 Å². The first-order chi connectivity index (χ1) is 7.24. The monoisotopic (exact) mass is 216 g/mol. The predicted octanol–water partition coefficient (Wildman–Crippen LogP) is 0.189. The van der Waals surface area contributed by atoms with Crippen molar-refractivity contribution in [1.82, 2.24) is 10.2 Å². The third-order valence-electron chi connectivity index (χ3n) is 2.63. The first-order valence-corrected chi connectivity index (χ1v) is 5.49. The van der Waals surface area contributed by atoms with Gasteiger partial charge in [0.2, 0.25) is 0 Å². The molecule has 1 saturated heterocycles. The molecule has 1 heterocycles. The fourth-order valence-electron chi connectivity index (χ4n) is 1.73. The van der Waals surface area contributed by atoms with Crippen LogP contribution in [0.5, 0.6) is 0 Å². The van der Waals surface area contributed by atoms with Gasteiger partial charge in [-0.15, -0.1) is 0 Å². The number of carbonyl (C=O) groups excluding carboxylic acids is 1. The Morgan fingerprint density at radius 3 is 2.80 bits per heavy atom. The first kappa shape index (κ1) is 12.3. The van der Waals surface area contributed by atoms with Crippen molar-refractivity contribution >= 4 is 6.09 Å². The number of alkyl carbamates (subject to hydrolysis) is 1. The molecule has 5 nitrogen and oxygen atoms in total. The summed E-state index contributed by atoms with van der Waals surface area (Å²) in [5.74, 6) is 0. The maximum atomic E-state index is 11.1. The van der Waals surface area contributed by atoms with Gasteiger partial charge >= 0.3 is 6.09 Å². The van der Waals surface area contributed by atoms with Gasteiger partial charge in [0.1, 0.15) is 6.61 Å². The number of aliphatic hydroxyl groups excluding tert-OH is 1. The second kappa shape index (κ2) is 6.63. The molecule has 0 aromatic rings. The van der Waals surface area contributed by atoms with Crippen molar-refractivity contribution in [3.8, 4) is 0 Å². The average molecular weight is 216 g/mol. The van der Waals surface area contributed by atoms with Gasteiger partial charge in [0, 0.05) is 12.6 Å². The van der Waals surface area contributed by atoms with Crippen molar-refractivity contribution in [2.24, 2.45) is 0 Å². The number of nitrogens with zero attached hydrogens (tertiary/aromatic N) is 1. The fraction of sp³-hybridized carbons (Fsp3) is 0.900. The number of carbonyl (C=O) groups is 1. The largest absolute Gasteiger partial charge is 0.447 e. The van der Waals surface area contributed by atoms with Gasteiger partial charge in [0.05, 0.1) is 6.61 Å². The summed E-state index contributed by atoms with van der Waals surface area (Å²) < 4.78 is 4.69. The summed E-state index contributed by atoms with van der Waals surface area (Å²) in [6, 6.07) is 0.356. The Kier molecular flexibility index (Phi) is 5.42. The standard InChI is InChI=1S/C10H20N2O3/c1-9(12-4-2-3-5-12)8-11-10(14)15-7-6-13/h9,13H,2-8H2,1H3,(H,11,14). The molecule has 88 valence electrons. The van der Waals surface area contributed by atoms with Gasteiger partial charge in [-0.25, -0.2) is 4.79 Å². The summed E-state index contributed by atoms with van der Waals surface area (Å²) in [5.41, 5.74) is 0. The molecular formula is C10H20N2O3. The Morgan fingerprint density at radius 1 is 1.53 bits per heavy atom. The molecule has 1 aliphatic heterocycles. The highest BCUT2D eigenvalue weighted by atomic mass is 16.6. The van der Waals surface area contributed by atoms with Crippen LogP contribution < -0.4 is 5.32 Å². The lowest BCUT2D eigenvalue weighted by atomic mass is 10.3. The van der Waals surface area contributed by atoms with Crippen LogP contribution in [-0.2, 0) is 4.74 Å². The van der Waals surface area contributed by atoms with E-state index in [1.54, 1.807) is 0 Å². The molecule has 1 amide bonds. The Balaban J connectivity index is 2.09. The zero-order chi connectivity index (χ0) is 11.1. The second-order valence-electron chi connectivity index (χ2n) is 3.83. The molecule has 15 heavy (non-hydrogen) atoms. The molecule has 5 heteroatoms. The van der Waals surface area contributed by atoms with Gasteiger partial charge in [0.25, 0.3) is 0 Å². The van der Waals surface area contributed by atoms with Gasteiger partial charge in [-0.2, -0.15) is 0 Å². The Morgan fingerprint density at radius 2 is 2.20 bits per heavy atom. The topological polar surface area (TPSA) is 61.8 Å². The number of hydrogen-bond acceptors (Lipinski definition) is 4. The highest BCUT2D eigenvalue weighted by molar-refractivity contribution is 5.67. The molecule has 0 spiro atoms. The van der Waals surface area contributed by atoms with Gasteiger partial charge in [0.15, 0.2) is 0 Å². The van der Waals surface area contributed by atoms with E-state index in [-0.39, 0.29) is 13.2 Å². The van der Waals surface area contributed by atoms with E-state index in [4.69, 9.17) is 5.11 Å². The zero-order valence-corrected chi connectivity index (χ0v) is 9.24. The van der Waals surface area contributed by atoms with E-state index < -0.39 is 6.09 Å². The second-order valence-corrected chi connectivity index (χ2v) is 3.83. The van der Waals surface area contributed by atoms with Gasteiger partial charge in [-0.05, 0) is 32.9 Å². The van der Waals surface area contributed by atoms with Crippen molar-refractivity contribution in [2.45, 2.75) is 25.8 Å². The summed E-state index contributed by atoms with van der Waals surface area (Å²) in [6.07, 6.45) is 2.05. The average Bonchev–Trinajstić information content (AvgIpc) is 2.76. The normalized spacial score (nSPS) is 18.8. The fourth-order valence-corrected chi connectivity index (χ4v) is 1.73. The molecule has 0 saturated carbocycles. The number of likely N-dealkylation sites (tertiary alicyclic amines) is 1. The van der Waals surface area contributed by atoms with Crippen LogP contribution >= 0.6 is 0 Å². The minimum atomic E-state index is -0.449. The number of amides is 1. The van der Waals surface area contributed by atoms with E-state index in [9.17, 15) is 4.79 Å². The molecule has 1 unspecified atom stereocenters. The van der Waals surface area contributed by atoms with E-state index in [1.807, 2.05) is 0 Å². The Bertz CT molecular complexity index is 193. The third-order valence-corrected chi connectivity index (χ3v) is 2.63. The summed E-state index contributed by atoms with van der Waals surface area (Å²) >= 11 is 0. The molecule has 0 radical (unpaired) electrons. The number of nitrogens with one attached hydrogen (secondary N) is 1. The molecule has 2 N–H and O–H groups in total. The molecule has 1 aliphatic rings. The van der Waals surface area contributed by atoms with Crippen LogP contribution in [0.15, 0.2) is 0 Å². The zero-order valence-electron chi connectivity index (χ0n) is 9.24. The lowest BCUT2D eigenvalue weighted by molar-refractivity contribution is 0.116. The first-order valence-electron chi connectivity index (χ1n) is 5.49. The lowest BCUT2D eigenvalue weighted by Gasteiger charge is -2.23. The van der Waals surface area contributed by atoms with Crippen molar-refractivity contribution < 1.29 is 14.6 Å². The van der Waals surface area contributed by atoms with Crippen molar-refractivity contribution in [3.63, 3.8) is 0 Å². The van der Waals surface area contributed by atoms with Crippen LogP contribution in [0, 0.1) is 0 Å². The molecule has 0 bridgehead atoms. The molecule has 1 atom stereocenters. The quantitative estimate of drug-likeness (QED) is 0.688. The van der Waals surface area contributed by atoms with Gasteiger partial charge in [-0.3, -0.25) is 4.90 Å². The van der Waals surface area contributed by atoms with E-state index >= 15 is 0 Å². The van der Waals surface area contributed by atoms with Crippen molar-refractivity contribution in [1.29, 1.82) is 0 Å². The smallest absolute Gasteiger partial charge is 0.407 e. The maximum absolute atomic E-state index is 11.1. The van der Waals surface area contributed by atoms with E-state index in [0.29, 0.717) is 12.6 Å². The highest BCUT2D eigenvalue weighted by Crippen LogP contribution is 2.10. The summed E-state index contributed by atoms with van der Waals surface area (Å²) in [4.78, 5) is 13.4. The molecule has 0 aromatic heterocycles. The summed E-state index contributed by atoms with van der Waals surface area (Å²) in [5, 5.41) is 11.1. The van der Waals surface area contributed by atoms with Crippen LogP contribution in [0.4, 0.5) is 4.79 Å².